The number of amides is 1. The molecule has 0 spiro atoms. The number of rotatable bonds is 8. The van der Waals surface area contributed by atoms with Gasteiger partial charge >= 0.3 is 0 Å². The highest BCUT2D eigenvalue weighted by atomic mass is 32.2. The van der Waals surface area contributed by atoms with Crippen LogP contribution in [0.3, 0.4) is 0 Å². The molecular formula is C17H27N3O3S2. The molecule has 0 aliphatic carbocycles. The zero-order valence-electron chi connectivity index (χ0n) is 14.8. The van der Waals surface area contributed by atoms with Gasteiger partial charge in [0.1, 0.15) is 0 Å². The van der Waals surface area contributed by atoms with Gasteiger partial charge in [0.05, 0.1) is 16.8 Å². The number of benzene rings is 1. The molecule has 0 saturated carbocycles. The summed E-state index contributed by atoms with van der Waals surface area (Å²) >= 11 is 1.77. The van der Waals surface area contributed by atoms with Gasteiger partial charge in [-0.3, -0.25) is 4.79 Å². The Bertz CT molecular complexity index is 671. The highest BCUT2D eigenvalue weighted by Crippen LogP contribution is 2.18. The summed E-state index contributed by atoms with van der Waals surface area (Å²) < 4.78 is 23.0. The van der Waals surface area contributed by atoms with Crippen LogP contribution in [0.2, 0.25) is 0 Å². The molecule has 1 aliphatic rings. The van der Waals surface area contributed by atoms with E-state index >= 15 is 0 Å². The Labute approximate surface area is 154 Å². The summed E-state index contributed by atoms with van der Waals surface area (Å²) in [7, 11) is -1.19. The molecule has 140 valence electrons. The lowest BCUT2D eigenvalue weighted by atomic mass is 10.1. The largest absolute Gasteiger partial charge is 0.375 e. The third kappa shape index (κ3) is 5.90. The summed E-state index contributed by atoms with van der Waals surface area (Å²) in [6.45, 7) is 1.64. The van der Waals surface area contributed by atoms with Crippen LogP contribution in [0.25, 0.3) is 0 Å². The maximum Gasteiger partial charge on any atom is 0.240 e. The Morgan fingerprint density at radius 2 is 2.00 bits per heavy atom. The molecule has 1 saturated heterocycles. The van der Waals surface area contributed by atoms with Crippen LogP contribution in [-0.4, -0.2) is 63.3 Å². The molecule has 2 N–H and O–H groups in total. The molecular weight excluding hydrogens is 358 g/mol. The van der Waals surface area contributed by atoms with E-state index < -0.39 is 15.9 Å². The smallest absolute Gasteiger partial charge is 0.240 e. The minimum Gasteiger partial charge on any atom is -0.375 e. The number of unbranched alkanes of at least 4 members (excludes halogenated alkanes) is 1. The number of anilines is 1. The van der Waals surface area contributed by atoms with Gasteiger partial charge in [-0.05, 0) is 43.5 Å². The second-order valence-corrected chi connectivity index (χ2v) is 9.52. The Morgan fingerprint density at radius 1 is 1.32 bits per heavy atom. The lowest BCUT2D eigenvalue weighted by Gasteiger charge is -2.21. The maximum atomic E-state index is 12.1. The first-order chi connectivity index (χ1) is 11.8. The summed E-state index contributed by atoms with van der Waals surface area (Å²) in [5, 5.41) is 0. The second-order valence-electron chi connectivity index (χ2n) is 6.43. The predicted molar refractivity (Wildman–Crippen MR) is 104 cm³/mol. The van der Waals surface area contributed by atoms with E-state index in [1.54, 1.807) is 23.9 Å². The normalized spacial score (nSPS) is 16.0. The summed E-state index contributed by atoms with van der Waals surface area (Å²) in [6, 6.07) is 6.49. The number of hydrogen-bond donors (Lipinski definition) is 1. The van der Waals surface area contributed by atoms with E-state index in [0.29, 0.717) is 11.3 Å². The molecule has 1 unspecified atom stereocenters. The Balaban J connectivity index is 1.73. The summed E-state index contributed by atoms with van der Waals surface area (Å²) in [5.74, 6) is 1.83. The van der Waals surface area contributed by atoms with Crippen LogP contribution < -0.4 is 10.6 Å². The van der Waals surface area contributed by atoms with Crippen molar-refractivity contribution in [3.63, 3.8) is 0 Å². The van der Waals surface area contributed by atoms with Crippen molar-refractivity contribution < 1.29 is 13.2 Å². The molecule has 1 aromatic rings. The van der Waals surface area contributed by atoms with E-state index in [2.05, 4.69) is 4.90 Å². The molecule has 1 atom stereocenters. The molecule has 1 aliphatic heterocycles. The topological polar surface area (TPSA) is 83.7 Å². The number of carbonyl (C=O) groups excluding carboxylic acids is 1. The van der Waals surface area contributed by atoms with Gasteiger partial charge in [0.2, 0.25) is 5.91 Å². The lowest BCUT2D eigenvalue weighted by Crippen LogP contribution is -2.42. The third-order valence-electron chi connectivity index (χ3n) is 4.35. The number of carbonyl (C=O) groups is 1. The van der Waals surface area contributed by atoms with Gasteiger partial charge in [0, 0.05) is 37.8 Å². The second kappa shape index (κ2) is 8.91. The molecule has 25 heavy (non-hydrogen) atoms. The number of hydrogen-bond acceptors (Lipinski definition) is 6. The number of thioether (sulfide) groups is 1. The van der Waals surface area contributed by atoms with Crippen molar-refractivity contribution >= 4 is 33.2 Å². The van der Waals surface area contributed by atoms with E-state index in [0.717, 1.165) is 43.2 Å². The SMILES string of the molecule is CN(CCCCC(N)C(=O)N1CCSC1)c1ccc(S(C)(=O)=O)cc1. The Kier molecular flexibility index (Phi) is 7.15. The Hall–Kier alpha value is -1.25. The first-order valence-corrected chi connectivity index (χ1v) is 11.5. The van der Waals surface area contributed by atoms with Gasteiger partial charge in [0.15, 0.2) is 9.84 Å². The van der Waals surface area contributed by atoms with Crippen LogP contribution in [0.15, 0.2) is 29.2 Å². The molecule has 1 fully saturated rings. The molecule has 0 bridgehead atoms. The lowest BCUT2D eigenvalue weighted by molar-refractivity contribution is -0.131. The average molecular weight is 386 g/mol. The van der Waals surface area contributed by atoms with Gasteiger partial charge in [0.25, 0.3) is 0 Å². The number of nitrogens with two attached hydrogens (primary N) is 1. The van der Waals surface area contributed by atoms with Crippen LogP contribution in [0, 0.1) is 0 Å². The minimum absolute atomic E-state index is 0.0646. The van der Waals surface area contributed by atoms with E-state index in [1.165, 1.54) is 6.26 Å². The minimum atomic E-state index is -3.16. The van der Waals surface area contributed by atoms with Crippen LogP contribution in [0.5, 0.6) is 0 Å². The van der Waals surface area contributed by atoms with Gasteiger partial charge in [-0.15, -0.1) is 11.8 Å². The predicted octanol–water partition coefficient (Wildman–Crippen LogP) is 1.56. The van der Waals surface area contributed by atoms with Crippen molar-refractivity contribution in [3.8, 4) is 0 Å². The molecule has 8 heteroatoms. The number of nitrogens with zero attached hydrogens (tertiary/aromatic N) is 2. The van der Waals surface area contributed by atoms with Gasteiger partial charge in [-0.1, -0.05) is 0 Å². The van der Waals surface area contributed by atoms with Crippen LogP contribution in [0.4, 0.5) is 5.69 Å². The van der Waals surface area contributed by atoms with Crippen molar-refractivity contribution in [3.05, 3.63) is 24.3 Å². The first-order valence-electron chi connectivity index (χ1n) is 8.42. The number of sulfone groups is 1. The maximum absolute atomic E-state index is 12.1. The standard InChI is InChI=1S/C17H27N3O3S2/c1-19(14-6-8-15(9-7-14)25(2,22)23)10-4-3-5-16(18)17(21)20-11-12-24-13-20/h6-9,16H,3-5,10-13,18H2,1-2H3. The fourth-order valence-corrected chi connectivity index (χ4v) is 4.32. The van der Waals surface area contributed by atoms with E-state index in [9.17, 15) is 13.2 Å². The third-order valence-corrected chi connectivity index (χ3v) is 6.44. The summed E-state index contributed by atoms with van der Waals surface area (Å²) in [4.78, 5) is 16.4. The van der Waals surface area contributed by atoms with E-state index in [1.807, 2.05) is 24.1 Å². The quantitative estimate of drug-likeness (QED) is 0.684. The van der Waals surface area contributed by atoms with Crippen LogP contribution in [-0.2, 0) is 14.6 Å². The molecule has 1 aromatic carbocycles. The summed E-state index contributed by atoms with van der Waals surface area (Å²) in [6.07, 6.45) is 3.72. The van der Waals surface area contributed by atoms with E-state index in [-0.39, 0.29) is 5.91 Å². The van der Waals surface area contributed by atoms with Crippen molar-refractivity contribution in [2.45, 2.75) is 30.2 Å². The monoisotopic (exact) mass is 385 g/mol. The first kappa shape index (κ1) is 20.1. The van der Waals surface area contributed by atoms with Gasteiger partial charge in [-0.2, -0.15) is 0 Å². The van der Waals surface area contributed by atoms with Crippen molar-refractivity contribution in [2.24, 2.45) is 5.73 Å². The highest BCUT2D eigenvalue weighted by molar-refractivity contribution is 7.99. The zero-order chi connectivity index (χ0) is 18.4. The average Bonchev–Trinajstić information content (AvgIpc) is 3.11. The highest BCUT2D eigenvalue weighted by Gasteiger charge is 2.23. The van der Waals surface area contributed by atoms with Gasteiger partial charge in [-0.25, -0.2) is 8.42 Å². The zero-order valence-corrected chi connectivity index (χ0v) is 16.5. The molecule has 1 amide bonds. The summed E-state index contributed by atoms with van der Waals surface area (Å²) in [5.41, 5.74) is 6.99. The van der Waals surface area contributed by atoms with Gasteiger partial charge < -0.3 is 15.5 Å². The van der Waals surface area contributed by atoms with Crippen LogP contribution in [0.1, 0.15) is 19.3 Å². The van der Waals surface area contributed by atoms with Crippen molar-refractivity contribution in [1.29, 1.82) is 0 Å². The fraction of sp³-hybridized carbons (Fsp3) is 0.588. The van der Waals surface area contributed by atoms with E-state index in [4.69, 9.17) is 5.73 Å². The molecule has 0 radical (unpaired) electrons. The Morgan fingerprint density at radius 3 is 2.56 bits per heavy atom. The molecule has 6 nitrogen and oxygen atoms in total. The molecule has 2 rings (SSSR count). The molecule has 1 heterocycles. The van der Waals surface area contributed by atoms with Crippen molar-refractivity contribution in [2.75, 3.05) is 42.9 Å². The fourth-order valence-electron chi connectivity index (χ4n) is 2.74. The molecule has 0 aromatic heterocycles. The van der Waals surface area contributed by atoms with Crippen LogP contribution >= 0.6 is 11.8 Å². The van der Waals surface area contributed by atoms with Crippen molar-refractivity contribution in [1.82, 2.24) is 4.90 Å².